The zero-order valence-electron chi connectivity index (χ0n) is 12.3. The van der Waals surface area contributed by atoms with Crippen molar-refractivity contribution in [3.63, 3.8) is 0 Å². The normalized spacial score (nSPS) is 20.3. The van der Waals surface area contributed by atoms with E-state index in [9.17, 15) is 9.59 Å². The van der Waals surface area contributed by atoms with E-state index in [1.807, 2.05) is 11.8 Å². The number of pyridine rings is 1. The first-order chi connectivity index (χ1) is 10.5. The number of halogens is 1. The molecule has 0 spiro atoms. The van der Waals surface area contributed by atoms with Gasteiger partial charge in [-0.25, -0.2) is 9.78 Å². The van der Waals surface area contributed by atoms with Gasteiger partial charge < -0.3 is 10.4 Å². The summed E-state index contributed by atoms with van der Waals surface area (Å²) >= 11 is 5.72. The van der Waals surface area contributed by atoms with Crippen LogP contribution in [0.25, 0.3) is 0 Å². The number of nitrogens with one attached hydrogen (secondary N) is 2. The van der Waals surface area contributed by atoms with Crippen molar-refractivity contribution >= 4 is 29.4 Å². The molecule has 1 saturated carbocycles. The number of nitrogens with zero attached hydrogens (tertiary/aromatic N) is 2. The molecule has 0 radical (unpaired) electrons. The van der Waals surface area contributed by atoms with Crippen molar-refractivity contribution in [3.05, 3.63) is 23.4 Å². The lowest BCUT2D eigenvalue weighted by atomic mass is 9.85. The molecule has 1 aromatic heterocycles. The zero-order valence-corrected chi connectivity index (χ0v) is 13.0. The number of anilines is 1. The molecule has 22 heavy (non-hydrogen) atoms. The lowest BCUT2D eigenvalue weighted by molar-refractivity contribution is -0.139. The second kappa shape index (κ2) is 7.42. The highest BCUT2D eigenvalue weighted by Gasteiger charge is 2.34. The van der Waals surface area contributed by atoms with E-state index < -0.39 is 5.97 Å². The molecule has 120 valence electrons. The zero-order chi connectivity index (χ0) is 16.1. The third-order valence-electron chi connectivity index (χ3n) is 3.68. The molecule has 1 aromatic rings. The largest absolute Gasteiger partial charge is 0.480 e. The van der Waals surface area contributed by atoms with Crippen molar-refractivity contribution in [2.75, 3.05) is 18.4 Å². The summed E-state index contributed by atoms with van der Waals surface area (Å²) in [7, 11) is 0. The topological polar surface area (TPSA) is 94.6 Å². The van der Waals surface area contributed by atoms with Crippen LogP contribution in [0, 0.1) is 0 Å². The Balaban J connectivity index is 1.73. The Kier molecular flexibility index (Phi) is 5.57. The Morgan fingerprint density at radius 2 is 2.18 bits per heavy atom. The van der Waals surface area contributed by atoms with Crippen LogP contribution in [0.3, 0.4) is 0 Å². The van der Waals surface area contributed by atoms with Gasteiger partial charge >= 0.3 is 12.0 Å². The molecule has 7 nitrogen and oxygen atoms in total. The van der Waals surface area contributed by atoms with Gasteiger partial charge in [0, 0.05) is 18.3 Å². The Hall–Kier alpha value is -1.86. The highest BCUT2D eigenvalue weighted by Crippen LogP contribution is 2.25. The number of hydrogen-bond acceptors (Lipinski definition) is 4. The SMILES string of the molecule is CCN(CC(=O)O)C1CC(NC(=O)Nc2ccc(Cl)cn2)C1. The van der Waals surface area contributed by atoms with Gasteiger partial charge in [0.2, 0.25) is 0 Å². The van der Waals surface area contributed by atoms with Crippen molar-refractivity contribution < 1.29 is 14.7 Å². The van der Waals surface area contributed by atoms with Crippen LogP contribution >= 0.6 is 11.6 Å². The molecule has 0 aromatic carbocycles. The molecule has 2 amide bonds. The highest BCUT2D eigenvalue weighted by atomic mass is 35.5. The number of carbonyl (C=O) groups excluding carboxylic acids is 1. The van der Waals surface area contributed by atoms with Gasteiger partial charge in [0.05, 0.1) is 11.6 Å². The number of carbonyl (C=O) groups is 2. The third kappa shape index (κ3) is 4.57. The van der Waals surface area contributed by atoms with Crippen LogP contribution < -0.4 is 10.6 Å². The van der Waals surface area contributed by atoms with E-state index in [4.69, 9.17) is 16.7 Å². The van der Waals surface area contributed by atoms with E-state index >= 15 is 0 Å². The van der Waals surface area contributed by atoms with Gasteiger partial charge in [-0.3, -0.25) is 15.0 Å². The maximum Gasteiger partial charge on any atom is 0.320 e. The number of carboxylic acids is 1. The van der Waals surface area contributed by atoms with Crippen LogP contribution in [0.2, 0.25) is 5.02 Å². The summed E-state index contributed by atoms with van der Waals surface area (Å²) in [6, 6.07) is 3.21. The number of hydrogen-bond donors (Lipinski definition) is 3. The van der Waals surface area contributed by atoms with Gasteiger partial charge in [-0.05, 0) is 31.5 Å². The van der Waals surface area contributed by atoms with Crippen LogP contribution in [-0.2, 0) is 4.79 Å². The molecule has 1 aliphatic rings. The summed E-state index contributed by atoms with van der Waals surface area (Å²) in [5.74, 6) is -0.399. The van der Waals surface area contributed by atoms with Gasteiger partial charge in [0.15, 0.2) is 0 Å². The van der Waals surface area contributed by atoms with E-state index in [0.717, 1.165) is 12.8 Å². The molecular weight excluding hydrogens is 308 g/mol. The molecule has 0 saturated heterocycles. The molecule has 0 unspecified atom stereocenters. The lowest BCUT2D eigenvalue weighted by Gasteiger charge is -2.42. The second-order valence-corrected chi connectivity index (χ2v) is 5.68. The fraction of sp³-hybridized carbons (Fsp3) is 0.500. The maximum atomic E-state index is 11.8. The van der Waals surface area contributed by atoms with E-state index in [2.05, 4.69) is 15.6 Å². The summed E-state index contributed by atoms with van der Waals surface area (Å²) in [6.45, 7) is 2.65. The van der Waals surface area contributed by atoms with E-state index in [-0.39, 0.29) is 24.7 Å². The summed E-state index contributed by atoms with van der Waals surface area (Å²) in [6.07, 6.45) is 2.97. The molecule has 1 fully saturated rings. The van der Waals surface area contributed by atoms with Gasteiger partial charge in [0.25, 0.3) is 0 Å². The van der Waals surface area contributed by atoms with Crippen molar-refractivity contribution in [2.24, 2.45) is 0 Å². The second-order valence-electron chi connectivity index (χ2n) is 5.24. The number of carboxylic acid groups (broad SMARTS) is 1. The Labute approximate surface area is 133 Å². The minimum Gasteiger partial charge on any atom is -0.480 e. The fourth-order valence-corrected chi connectivity index (χ4v) is 2.58. The summed E-state index contributed by atoms with van der Waals surface area (Å²) in [4.78, 5) is 28.5. The molecular formula is C14H19ClN4O3. The van der Waals surface area contributed by atoms with Gasteiger partial charge in [-0.2, -0.15) is 0 Å². The monoisotopic (exact) mass is 326 g/mol. The van der Waals surface area contributed by atoms with Crippen LogP contribution in [0.4, 0.5) is 10.6 Å². The standard InChI is InChI=1S/C14H19ClN4O3/c1-2-19(8-13(20)21)11-5-10(6-11)17-14(22)18-12-4-3-9(15)7-16-12/h3-4,7,10-11H,2,5-6,8H2,1H3,(H,20,21)(H2,16,17,18,22). The maximum absolute atomic E-state index is 11.8. The fourth-order valence-electron chi connectivity index (χ4n) is 2.46. The van der Waals surface area contributed by atoms with Crippen molar-refractivity contribution in [1.82, 2.24) is 15.2 Å². The molecule has 0 bridgehead atoms. The minimum absolute atomic E-state index is 0.0365. The number of likely N-dealkylation sites (N-methyl/N-ethyl adjacent to an activating group) is 1. The predicted molar refractivity (Wildman–Crippen MR) is 83.1 cm³/mol. The molecule has 0 aliphatic heterocycles. The molecule has 3 N–H and O–H groups in total. The average molecular weight is 327 g/mol. The van der Waals surface area contributed by atoms with E-state index in [1.54, 1.807) is 12.1 Å². The van der Waals surface area contributed by atoms with Crippen LogP contribution in [0.15, 0.2) is 18.3 Å². The lowest BCUT2D eigenvalue weighted by Crippen LogP contribution is -2.55. The Morgan fingerprint density at radius 3 is 2.73 bits per heavy atom. The number of rotatable bonds is 6. The Morgan fingerprint density at radius 1 is 1.45 bits per heavy atom. The number of aliphatic carboxylic acids is 1. The molecule has 0 atom stereocenters. The minimum atomic E-state index is -0.829. The van der Waals surface area contributed by atoms with Gasteiger partial charge in [-0.15, -0.1) is 0 Å². The van der Waals surface area contributed by atoms with Gasteiger partial charge in [0.1, 0.15) is 5.82 Å². The summed E-state index contributed by atoms with van der Waals surface area (Å²) in [5.41, 5.74) is 0. The van der Waals surface area contributed by atoms with E-state index in [0.29, 0.717) is 17.4 Å². The predicted octanol–water partition coefficient (Wildman–Crippen LogP) is 1.79. The van der Waals surface area contributed by atoms with Gasteiger partial charge in [-0.1, -0.05) is 18.5 Å². The smallest absolute Gasteiger partial charge is 0.320 e. The number of urea groups is 1. The molecule has 2 rings (SSSR count). The summed E-state index contributed by atoms with van der Waals surface area (Å²) in [5, 5.41) is 14.8. The van der Waals surface area contributed by atoms with Crippen molar-refractivity contribution in [2.45, 2.75) is 31.8 Å². The molecule has 1 heterocycles. The van der Waals surface area contributed by atoms with Crippen LogP contribution in [0.5, 0.6) is 0 Å². The summed E-state index contributed by atoms with van der Waals surface area (Å²) < 4.78 is 0. The van der Waals surface area contributed by atoms with E-state index in [1.165, 1.54) is 6.20 Å². The molecule has 1 aliphatic carbocycles. The third-order valence-corrected chi connectivity index (χ3v) is 3.90. The van der Waals surface area contributed by atoms with Crippen molar-refractivity contribution in [1.29, 1.82) is 0 Å². The number of amides is 2. The first kappa shape index (κ1) is 16.5. The average Bonchev–Trinajstić information content (AvgIpc) is 2.42. The highest BCUT2D eigenvalue weighted by molar-refractivity contribution is 6.30. The molecule has 8 heteroatoms. The first-order valence-corrected chi connectivity index (χ1v) is 7.50. The first-order valence-electron chi connectivity index (χ1n) is 7.12. The van der Waals surface area contributed by atoms with Crippen molar-refractivity contribution in [3.8, 4) is 0 Å². The van der Waals surface area contributed by atoms with Crippen LogP contribution in [0.1, 0.15) is 19.8 Å². The number of aromatic nitrogens is 1. The van der Waals surface area contributed by atoms with Crippen LogP contribution in [-0.4, -0.2) is 52.2 Å². The Bertz CT molecular complexity index is 531. The quantitative estimate of drug-likeness (QED) is 0.741.